The topological polar surface area (TPSA) is 181 Å². The molecule has 304 valence electrons. The van der Waals surface area contributed by atoms with Gasteiger partial charge in [-0.25, -0.2) is 17.9 Å². The number of sulfonamides is 1. The number of hydrogen-bond acceptors (Lipinski definition) is 9. The van der Waals surface area contributed by atoms with Crippen LogP contribution < -0.4 is 20.1 Å². The Morgan fingerprint density at radius 3 is 2.28 bits per heavy atom. The molecule has 2 aliphatic rings. The third-order valence-corrected chi connectivity index (χ3v) is 11.2. The van der Waals surface area contributed by atoms with Crippen molar-refractivity contribution < 1.29 is 41.9 Å². The summed E-state index contributed by atoms with van der Waals surface area (Å²) < 4.78 is 40.4. The number of carbonyl (C=O) groups excluding carboxylic acids is 5. The van der Waals surface area contributed by atoms with Crippen LogP contribution in [0.15, 0.2) is 96.4 Å². The molecule has 0 bridgehead atoms. The first kappa shape index (κ1) is 42.7. The second kappa shape index (κ2) is 17.4. The molecule has 0 aromatic heterocycles. The Bertz CT molecular complexity index is 2110. The van der Waals surface area contributed by atoms with Crippen LogP contribution >= 0.6 is 11.6 Å². The lowest BCUT2D eigenvalue weighted by atomic mass is 10.0. The summed E-state index contributed by atoms with van der Waals surface area (Å²) >= 11 is 6.06. The highest BCUT2D eigenvalue weighted by molar-refractivity contribution is 7.90. The predicted molar refractivity (Wildman–Crippen MR) is 213 cm³/mol. The van der Waals surface area contributed by atoms with E-state index in [1.54, 1.807) is 40.7 Å². The molecule has 0 unspecified atom stereocenters. The van der Waals surface area contributed by atoms with Gasteiger partial charge < -0.3 is 29.9 Å². The molecule has 5 rings (SSSR count). The molecule has 0 radical (unpaired) electrons. The summed E-state index contributed by atoms with van der Waals surface area (Å²) in [4.78, 5) is 71.3. The van der Waals surface area contributed by atoms with E-state index in [0.717, 1.165) is 5.56 Å². The maximum absolute atomic E-state index is 14.4. The van der Waals surface area contributed by atoms with Gasteiger partial charge in [0.05, 0.1) is 11.4 Å². The first-order valence-corrected chi connectivity index (χ1v) is 20.3. The average Bonchev–Trinajstić information content (AvgIpc) is 3.89. The molecule has 5 amide bonds. The van der Waals surface area contributed by atoms with E-state index in [-0.39, 0.29) is 54.8 Å². The second-order valence-corrected chi connectivity index (χ2v) is 17.5. The number of rotatable bonds is 13. The van der Waals surface area contributed by atoms with Crippen molar-refractivity contribution in [1.82, 2.24) is 25.2 Å². The van der Waals surface area contributed by atoms with Crippen molar-refractivity contribution in [1.29, 1.82) is 0 Å². The zero-order chi connectivity index (χ0) is 41.7. The Balaban J connectivity index is 1.37. The van der Waals surface area contributed by atoms with Crippen molar-refractivity contribution in [2.45, 2.75) is 75.8 Å². The van der Waals surface area contributed by atoms with E-state index in [0.29, 0.717) is 5.02 Å². The minimum Gasteiger partial charge on any atom is -0.489 e. The standard InChI is InChI=1S/C41H48ClN5O9S/c1-7-29-23-41(29,38(51)45-57(53,54)32-15-11-14-31(22-32)55-25-27-12-9-8-10-13-27)44-35(48)33-24-46(20-21-47(33)36(49)28-16-18-30(42)19-17-28)37(50)34(26(2)3)43-39(52)56-40(4,5)6/h7-19,22,26,29,33-34H,1,20-21,23-25H2,2-6H3,(H,43,52)(H,44,48)(H,45,51)/t29-,33-,34+,41-/m1/s1. The minimum atomic E-state index is -4.46. The van der Waals surface area contributed by atoms with Crippen LogP contribution in [0.3, 0.4) is 0 Å². The van der Waals surface area contributed by atoms with Crippen molar-refractivity contribution in [3.63, 3.8) is 0 Å². The highest BCUT2D eigenvalue weighted by Gasteiger charge is 2.61. The Labute approximate surface area is 338 Å². The molecule has 0 spiro atoms. The molecule has 3 aromatic rings. The van der Waals surface area contributed by atoms with Gasteiger partial charge >= 0.3 is 6.09 Å². The van der Waals surface area contributed by atoms with Crippen molar-refractivity contribution in [2.24, 2.45) is 11.8 Å². The third-order valence-electron chi connectivity index (χ3n) is 9.59. The monoisotopic (exact) mass is 821 g/mol. The highest BCUT2D eigenvalue weighted by atomic mass is 35.5. The summed E-state index contributed by atoms with van der Waals surface area (Å²) in [6.07, 6.45) is 0.673. The van der Waals surface area contributed by atoms with E-state index in [1.807, 2.05) is 30.3 Å². The van der Waals surface area contributed by atoms with Gasteiger partial charge in [0.25, 0.3) is 21.8 Å². The summed E-state index contributed by atoms with van der Waals surface area (Å²) in [5.41, 5.74) is -1.45. The van der Waals surface area contributed by atoms with Gasteiger partial charge in [0.2, 0.25) is 11.8 Å². The normalized spacial score (nSPS) is 19.8. The fraction of sp³-hybridized carbons (Fsp3) is 0.390. The number of nitrogens with one attached hydrogen (secondary N) is 3. The van der Waals surface area contributed by atoms with Gasteiger partial charge in [0, 0.05) is 35.7 Å². The second-order valence-electron chi connectivity index (χ2n) is 15.4. The van der Waals surface area contributed by atoms with Crippen LogP contribution in [0.2, 0.25) is 5.02 Å². The van der Waals surface area contributed by atoms with Gasteiger partial charge in [-0.2, -0.15) is 0 Å². The van der Waals surface area contributed by atoms with Crippen LogP contribution in [0.25, 0.3) is 0 Å². The molecule has 3 aromatic carbocycles. The number of alkyl carbamates (subject to hydrolysis) is 1. The minimum absolute atomic E-state index is 0.0223. The number of nitrogens with zero attached hydrogens (tertiary/aromatic N) is 2. The van der Waals surface area contributed by atoms with Gasteiger partial charge in [0.1, 0.15) is 35.6 Å². The maximum Gasteiger partial charge on any atom is 0.408 e. The fourth-order valence-electron chi connectivity index (χ4n) is 6.43. The lowest BCUT2D eigenvalue weighted by Gasteiger charge is -2.42. The first-order chi connectivity index (χ1) is 26.8. The van der Waals surface area contributed by atoms with Crippen LogP contribution in [0.5, 0.6) is 5.75 Å². The zero-order valence-corrected chi connectivity index (χ0v) is 34.1. The maximum atomic E-state index is 14.4. The molecule has 1 saturated carbocycles. The summed E-state index contributed by atoms with van der Waals surface area (Å²) in [7, 11) is -4.46. The molecular formula is C41H48ClN5O9S. The Kier molecular flexibility index (Phi) is 13.0. The van der Waals surface area contributed by atoms with Crippen molar-refractivity contribution >= 4 is 51.3 Å². The smallest absolute Gasteiger partial charge is 0.408 e. The largest absolute Gasteiger partial charge is 0.489 e. The van der Waals surface area contributed by atoms with E-state index < -0.39 is 68.9 Å². The molecule has 3 N–H and O–H groups in total. The third kappa shape index (κ3) is 10.5. The van der Waals surface area contributed by atoms with Crippen LogP contribution in [0, 0.1) is 11.8 Å². The number of halogens is 1. The number of amides is 5. The molecule has 1 aliphatic heterocycles. The molecule has 2 fully saturated rings. The van der Waals surface area contributed by atoms with E-state index in [9.17, 15) is 32.4 Å². The number of piperazine rings is 1. The Morgan fingerprint density at radius 2 is 1.67 bits per heavy atom. The summed E-state index contributed by atoms with van der Waals surface area (Å²) in [6.45, 7) is 12.2. The van der Waals surface area contributed by atoms with Crippen LogP contribution in [0.1, 0.15) is 57.0 Å². The summed E-state index contributed by atoms with van der Waals surface area (Å²) in [6, 6.07) is 18.7. The van der Waals surface area contributed by atoms with E-state index in [1.165, 1.54) is 58.3 Å². The number of carbonyl (C=O) groups is 5. The quantitative estimate of drug-likeness (QED) is 0.206. The number of hydrogen-bond donors (Lipinski definition) is 3. The van der Waals surface area contributed by atoms with E-state index >= 15 is 0 Å². The lowest BCUT2D eigenvalue weighted by molar-refractivity contribution is -0.141. The van der Waals surface area contributed by atoms with Gasteiger partial charge in [-0.05, 0) is 75.1 Å². The average molecular weight is 822 g/mol. The van der Waals surface area contributed by atoms with Gasteiger partial charge in [-0.15, -0.1) is 6.58 Å². The molecule has 4 atom stereocenters. The molecule has 1 saturated heterocycles. The van der Waals surface area contributed by atoms with Crippen LogP contribution in [-0.4, -0.2) is 90.8 Å². The predicted octanol–water partition coefficient (Wildman–Crippen LogP) is 4.69. The van der Waals surface area contributed by atoms with Crippen molar-refractivity contribution in [2.75, 3.05) is 19.6 Å². The number of benzene rings is 3. The van der Waals surface area contributed by atoms with Crippen molar-refractivity contribution in [3.05, 3.63) is 108 Å². The fourth-order valence-corrected chi connectivity index (χ4v) is 7.63. The molecule has 57 heavy (non-hydrogen) atoms. The molecule has 1 heterocycles. The summed E-state index contributed by atoms with van der Waals surface area (Å²) in [5.74, 6) is -3.61. The molecule has 16 heteroatoms. The first-order valence-electron chi connectivity index (χ1n) is 18.5. The Hall–Kier alpha value is -5.41. The Morgan fingerprint density at radius 1 is 0.982 bits per heavy atom. The lowest BCUT2D eigenvalue weighted by Crippen LogP contribution is -2.65. The van der Waals surface area contributed by atoms with Gasteiger partial charge in [-0.3, -0.25) is 19.2 Å². The zero-order valence-electron chi connectivity index (χ0n) is 32.5. The summed E-state index contributed by atoms with van der Waals surface area (Å²) in [5, 5.41) is 5.75. The SMILES string of the molecule is C=C[C@@H]1C[C@]1(NC(=O)[C@H]1CN(C(=O)[C@@H](NC(=O)OC(C)(C)C)C(C)C)CCN1C(=O)c1ccc(Cl)cc1)C(=O)NS(=O)(=O)c1cccc(OCc2ccccc2)c1. The van der Waals surface area contributed by atoms with E-state index in [2.05, 4.69) is 21.9 Å². The van der Waals surface area contributed by atoms with Crippen LogP contribution in [0.4, 0.5) is 4.79 Å². The van der Waals surface area contributed by atoms with Gasteiger partial charge in [-0.1, -0.05) is 67.9 Å². The van der Waals surface area contributed by atoms with Gasteiger partial charge in [0.15, 0.2) is 0 Å². The molecule has 1 aliphatic carbocycles. The molecule has 14 nitrogen and oxygen atoms in total. The molecular weight excluding hydrogens is 774 g/mol. The number of ether oxygens (including phenoxy) is 2. The highest BCUT2D eigenvalue weighted by Crippen LogP contribution is 2.45. The van der Waals surface area contributed by atoms with E-state index in [4.69, 9.17) is 21.1 Å². The van der Waals surface area contributed by atoms with Crippen molar-refractivity contribution in [3.8, 4) is 5.75 Å². The van der Waals surface area contributed by atoms with Crippen LogP contribution in [-0.2, 0) is 35.8 Å².